The van der Waals surface area contributed by atoms with Gasteiger partial charge in [-0.15, -0.1) is 0 Å². The van der Waals surface area contributed by atoms with E-state index in [0.29, 0.717) is 23.0 Å². The number of amides is 1. The van der Waals surface area contributed by atoms with Gasteiger partial charge in [0, 0.05) is 5.25 Å². The van der Waals surface area contributed by atoms with Gasteiger partial charge in [-0.3, -0.25) is 9.52 Å². The largest absolute Gasteiger partial charge is 0.300 e. The van der Waals surface area contributed by atoms with Crippen molar-refractivity contribution in [2.45, 2.75) is 18.1 Å². The summed E-state index contributed by atoms with van der Waals surface area (Å²) in [7, 11) is 0. The predicted molar refractivity (Wildman–Crippen MR) is 48.4 cm³/mol. The Kier molecular flexibility index (Phi) is 1.33. The van der Waals surface area contributed by atoms with Gasteiger partial charge in [0.15, 0.2) is 0 Å². The molecule has 0 aromatic carbocycles. The molecule has 1 N–H and O–H groups in total. The van der Waals surface area contributed by atoms with Crippen molar-refractivity contribution in [2.75, 3.05) is 0 Å². The lowest BCUT2D eigenvalue weighted by Crippen LogP contribution is -2.39. The Morgan fingerprint density at radius 1 is 1.33 bits per heavy atom. The van der Waals surface area contributed by atoms with Crippen LogP contribution in [-0.4, -0.2) is 11.2 Å². The van der Waals surface area contributed by atoms with Crippen molar-refractivity contribution in [1.29, 1.82) is 0 Å². The van der Waals surface area contributed by atoms with E-state index < -0.39 is 0 Å². The fraction of sp³-hybridized carbons (Fsp3) is 0.667. The molecule has 12 heavy (non-hydrogen) atoms. The van der Waals surface area contributed by atoms with Gasteiger partial charge >= 0.3 is 0 Å². The number of hydrogen-bond donors (Lipinski definition) is 1. The third-order valence-electron chi connectivity index (χ3n) is 3.27. The van der Waals surface area contributed by atoms with Gasteiger partial charge in [0.05, 0.1) is 5.92 Å². The quantitative estimate of drug-likeness (QED) is 0.451. The summed E-state index contributed by atoms with van der Waals surface area (Å²) in [5.74, 6) is 1.75. The van der Waals surface area contributed by atoms with Crippen molar-refractivity contribution >= 4 is 17.9 Å². The molecule has 3 aliphatic carbocycles. The Bertz CT molecular complexity index is 263. The van der Waals surface area contributed by atoms with Crippen LogP contribution in [-0.2, 0) is 4.79 Å². The highest BCUT2D eigenvalue weighted by Crippen LogP contribution is 2.48. The maximum absolute atomic E-state index is 11.4. The van der Waals surface area contributed by atoms with E-state index in [9.17, 15) is 4.79 Å². The van der Waals surface area contributed by atoms with Crippen LogP contribution in [0, 0.1) is 17.8 Å². The highest BCUT2D eigenvalue weighted by molar-refractivity contribution is 7.99. The molecule has 2 bridgehead atoms. The summed E-state index contributed by atoms with van der Waals surface area (Å²) < 4.78 is 2.90. The lowest BCUT2D eigenvalue weighted by Gasteiger charge is -2.38. The SMILES string of the molecule is O=C1NSC2C3C=CC(CC3)C12. The summed E-state index contributed by atoms with van der Waals surface area (Å²) in [5.41, 5.74) is 0. The minimum atomic E-state index is 0.268. The third-order valence-corrected chi connectivity index (χ3v) is 4.51. The first-order valence-electron chi connectivity index (χ1n) is 4.50. The molecule has 1 saturated carbocycles. The summed E-state index contributed by atoms with van der Waals surface area (Å²) in [6.07, 6.45) is 7.06. The summed E-state index contributed by atoms with van der Waals surface area (Å²) in [4.78, 5) is 11.4. The number of nitrogens with one attached hydrogen (secondary N) is 1. The summed E-state index contributed by atoms with van der Waals surface area (Å²) in [5, 5.41) is 0.543. The Labute approximate surface area is 75.9 Å². The fourth-order valence-electron chi connectivity index (χ4n) is 2.64. The van der Waals surface area contributed by atoms with E-state index in [2.05, 4.69) is 16.9 Å². The van der Waals surface area contributed by atoms with Gasteiger partial charge < -0.3 is 0 Å². The standard InChI is InChI=1S/C9H11NOS/c11-9-7-5-1-3-6(4-2-5)8(7)12-10-9/h1,3,5-8H,2,4H2,(H,10,11). The molecule has 1 aliphatic heterocycles. The van der Waals surface area contributed by atoms with Crippen LogP contribution in [0.1, 0.15) is 12.8 Å². The van der Waals surface area contributed by atoms with Crippen molar-refractivity contribution in [2.24, 2.45) is 17.8 Å². The van der Waals surface area contributed by atoms with Crippen LogP contribution in [0.3, 0.4) is 0 Å². The molecule has 4 rings (SSSR count). The van der Waals surface area contributed by atoms with Gasteiger partial charge in [0.1, 0.15) is 0 Å². The molecule has 0 aromatic heterocycles. The molecule has 0 aromatic rings. The first-order chi connectivity index (χ1) is 5.86. The zero-order chi connectivity index (χ0) is 8.13. The molecule has 64 valence electrons. The van der Waals surface area contributed by atoms with Gasteiger partial charge in [0.25, 0.3) is 0 Å². The van der Waals surface area contributed by atoms with E-state index in [1.54, 1.807) is 11.9 Å². The topological polar surface area (TPSA) is 29.1 Å². The average Bonchev–Trinajstić information content (AvgIpc) is 2.53. The summed E-state index contributed by atoms with van der Waals surface area (Å²) >= 11 is 1.65. The minimum absolute atomic E-state index is 0.268. The smallest absolute Gasteiger partial charge is 0.234 e. The van der Waals surface area contributed by atoms with Gasteiger partial charge in [-0.25, -0.2) is 0 Å². The van der Waals surface area contributed by atoms with Crippen molar-refractivity contribution in [3.8, 4) is 0 Å². The summed E-state index contributed by atoms with van der Waals surface area (Å²) in [6.45, 7) is 0. The maximum atomic E-state index is 11.4. The molecular weight excluding hydrogens is 170 g/mol. The van der Waals surface area contributed by atoms with Crippen LogP contribution < -0.4 is 4.72 Å². The average molecular weight is 181 g/mol. The van der Waals surface area contributed by atoms with Crippen LogP contribution in [0.4, 0.5) is 0 Å². The number of hydrogen-bond acceptors (Lipinski definition) is 2. The minimum Gasteiger partial charge on any atom is -0.300 e. The van der Waals surface area contributed by atoms with Gasteiger partial charge in [-0.05, 0) is 36.6 Å². The van der Waals surface area contributed by atoms with E-state index >= 15 is 0 Å². The molecule has 4 unspecified atom stereocenters. The van der Waals surface area contributed by atoms with Crippen molar-refractivity contribution in [3.05, 3.63) is 12.2 Å². The molecule has 1 heterocycles. The first kappa shape index (κ1) is 7.01. The van der Waals surface area contributed by atoms with E-state index in [1.165, 1.54) is 12.8 Å². The second kappa shape index (κ2) is 2.28. The molecule has 0 spiro atoms. The Morgan fingerprint density at radius 2 is 2.08 bits per heavy atom. The maximum Gasteiger partial charge on any atom is 0.234 e. The third kappa shape index (κ3) is 0.750. The van der Waals surface area contributed by atoms with E-state index in [1.807, 2.05) is 0 Å². The van der Waals surface area contributed by atoms with Gasteiger partial charge in [0.2, 0.25) is 5.91 Å². The molecule has 2 nitrogen and oxygen atoms in total. The predicted octanol–water partition coefficient (Wildman–Crippen LogP) is 1.35. The Morgan fingerprint density at radius 3 is 2.75 bits per heavy atom. The number of rotatable bonds is 0. The van der Waals surface area contributed by atoms with Crippen LogP contribution >= 0.6 is 11.9 Å². The van der Waals surface area contributed by atoms with E-state index in [4.69, 9.17) is 0 Å². The zero-order valence-corrected chi connectivity index (χ0v) is 7.51. The summed E-state index contributed by atoms with van der Waals surface area (Å²) in [6, 6.07) is 0. The number of carbonyl (C=O) groups is 1. The highest BCUT2D eigenvalue weighted by atomic mass is 32.2. The molecule has 3 heteroatoms. The molecular formula is C9H11NOS. The van der Waals surface area contributed by atoms with E-state index in [-0.39, 0.29) is 5.91 Å². The van der Waals surface area contributed by atoms with Gasteiger partial charge in [-0.2, -0.15) is 0 Å². The molecule has 2 fully saturated rings. The normalized spacial score (nSPS) is 49.2. The van der Waals surface area contributed by atoms with E-state index in [0.717, 1.165) is 0 Å². The molecule has 4 atom stereocenters. The second-order valence-corrected chi connectivity index (χ2v) is 4.85. The zero-order valence-electron chi connectivity index (χ0n) is 6.69. The van der Waals surface area contributed by atoms with Crippen LogP contribution in [0.15, 0.2) is 12.2 Å². The van der Waals surface area contributed by atoms with Crippen LogP contribution in [0.5, 0.6) is 0 Å². The van der Waals surface area contributed by atoms with Crippen LogP contribution in [0.2, 0.25) is 0 Å². The van der Waals surface area contributed by atoms with Crippen molar-refractivity contribution in [3.63, 3.8) is 0 Å². The number of carbonyl (C=O) groups excluding carboxylic acids is 1. The number of allylic oxidation sites excluding steroid dienone is 2. The molecule has 1 amide bonds. The molecule has 0 radical (unpaired) electrons. The molecule has 1 saturated heterocycles. The highest BCUT2D eigenvalue weighted by Gasteiger charge is 2.48. The van der Waals surface area contributed by atoms with Crippen molar-refractivity contribution in [1.82, 2.24) is 4.72 Å². The second-order valence-electron chi connectivity index (χ2n) is 3.86. The number of fused-ring (bicyclic) bond motifs is 1. The van der Waals surface area contributed by atoms with Crippen LogP contribution in [0.25, 0.3) is 0 Å². The fourth-order valence-corrected chi connectivity index (χ4v) is 3.91. The lowest BCUT2D eigenvalue weighted by atomic mass is 9.68. The first-order valence-corrected chi connectivity index (χ1v) is 5.38. The molecule has 4 aliphatic rings. The van der Waals surface area contributed by atoms with Crippen molar-refractivity contribution < 1.29 is 4.79 Å². The monoisotopic (exact) mass is 181 g/mol. The lowest BCUT2D eigenvalue weighted by molar-refractivity contribution is -0.124. The Hall–Kier alpha value is -0.440. The van der Waals surface area contributed by atoms with Gasteiger partial charge in [-0.1, -0.05) is 12.2 Å². The Balaban J connectivity index is 2.01.